The molecule has 1 aliphatic rings. The lowest BCUT2D eigenvalue weighted by Crippen LogP contribution is -2.37. The average Bonchev–Trinajstić information content (AvgIpc) is 2.96. The highest BCUT2D eigenvalue weighted by molar-refractivity contribution is 5.99. The van der Waals surface area contributed by atoms with Crippen LogP contribution in [0.5, 0.6) is 5.75 Å². The third kappa shape index (κ3) is 3.79. The topological polar surface area (TPSA) is 58.6 Å². The fourth-order valence-electron chi connectivity index (χ4n) is 2.85. The first-order valence-corrected chi connectivity index (χ1v) is 8.17. The van der Waals surface area contributed by atoms with E-state index in [0.29, 0.717) is 13.2 Å². The molecule has 1 aliphatic heterocycles. The number of carbonyl (C=O) groups excluding carboxylic acids is 2. The first kappa shape index (κ1) is 17.0. The maximum absolute atomic E-state index is 13.7. The van der Waals surface area contributed by atoms with Crippen molar-refractivity contribution in [3.8, 4) is 5.75 Å². The van der Waals surface area contributed by atoms with E-state index in [4.69, 9.17) is 4.74 Å². The van der Waals surface area contributed by atoms with E-state index in [1.807, 2.05) is 19.1 Å². The molecular weight excluding hydrogens is 323 g/mol. The zero-order valence-corrected chi connectivity index (χ0v) is 13.9. The van der Waals surface area contributed by atoms with Crippen LogP contribution in [0.15, 0.2) is 48.5 Å². The lowest BCUT2D eigenvalue weighted by atomic mass is 10.1. The van der Waals surface area contributed by atoms with Crippen molar-refractivity contribution in [2.45, 2.75) is 19.4 Å². The maximum atomic E-state index is 13.7. The van der Waals surface area contributed by atoms with Gasteiger partial charge in [-0.3, -0.25) is 9.59 Å². The molecule has 3 rings (SSSR count). The van der Waals surface area contributed by atoms with Gasteiger partial charge < -0.3 is 15.0 Å². The molecule has 0 bridgehead atoms. The van der Waals surface area contributed by atoms with Crippen LogP contribution in [-0.2, 0) is 4.79 Å². The Hall–Kier alpha value is -2.89. The summed E-state index contributed by atoms with van der Waals surface area (Å²) in [5.74, 6) is -0.428. The Balaban J connectivity index is 1.66. The summed E-state index contributed by atoms with van der Waals surface area (Å²) in [4.78, 5) is 26.1. The van der Waals surface area contributed by atoms with Gasteiger partial charge >= 0.3 is 0 Å². The molecule has 0 aliphatic carbocycles. The minimum Gasteiger partial charge on any atom is -0.494 e. The van der Waals surface area contributed by atoms with Crippen LogP contribution >= 0.6 is 0 Å². The molecule has 0 aromatic heterocycles. The molecule has 1 heterocycles. The number of ether oxygens (including phenoxy) is 1. The molecular formula is C19H19FN2O3. The second-order valence-electron chi connectivity index (χ2n) is 5.79. The van der Waals surface area contributed by atoms with Crippen molar-refractivity contribution >= 4 is 17.5 Å². The third-order valence-electron chi connectivity index (χ3n) is 4.04. The maximum Gasteiger partial charge on any atom is 0.254 e. The van der Waals surface area contributed by atoms with Gasteiger partial charge in [0.15, 0.2) is 0 Å². The van der Waals surface area contributed by atoms with Crippen LogP contribution in [-0.4, -0.2) is 31.0 Å². The number of rotatable bonds is 5. The Labute approximate surface area is 145 Å². The summed E-state index contributed by atoms with van der Waals surface area (Å²) in [5.41, 5.74) is 0.727. The summed E-state index contributed by atoms with van der Waals surface area (Å²) in [6, 6.07) is 12.7. The monoisotopic (exact) mass is 342 g/mol. The molecule has 0 unspecified atom stereocenters. The van der Waals surface area contributed by atoms with Crippen molar-refractivity contribution in [3.63, 3.8) is 0 Å². The Morgan fingerprint density at radius 1 is 1.24 bits per heavy atom. The number of carbonyl (C=O) groups is 2. The minimum atomic E-state index is -0.576. The average molecular weight is 342 g/mol. The summed E-state index contributed by atoms with van der Waals surface area (Å²) in [6.07, 6.45) is 0.188. The summed E-state index contributed by atoms with van der Waals surface area (Å²) in [7, 11) is 0. The van der Waals surface area contributed by atoms with E-state index in [0.717, 1.165) is 11.4 Å². The SMILES string of the molecule is CCOc1ccc(N2C[C@H](NC(=O)c3ccccc3F)CC2=O)cc1. The van der Waals surface area contributed by atoms with Gasteiger partial charge in [-0.25, -0.2) is 4.39 Å². The molecule has 6 heteroatoms. The fraction of sp³-hybridized carbons (Fsp3) is 0.263. The van der Waals surface area contributed by atoms with Crippen molar-refractivity contribution in [3.05, 3.63) is 59.9 Å². The quantitative estimate of drug-likeness (QED) is 0.909. The fourth-order valence-corrected chi connectivity index (χ4v) is 2.85. The van der Waals surface area contributed by atoms with Crippen LogP contribution in [0.25, 0.3) is 0 Å². The molecule has 2 aromatic carbocycles. The van der Waals surface area contributed by atoms with Crippen LogP contribution in [0, 0.1) is 5.82 Å². The number of nitrogens with one attached hydrogen (secondary N) is 1. The number of halogens is 1. The molecule has 2 amide bonds. The summed E-state index contributed by atoms with van der Waals surface area (Å²) >= 11 is 0. The van der Waals surface area contributed by atoms with Crippen LogP contribution in [0.1, 0.15) is 23.7 Å². The lowest BCUT2D eigenvalue weighted by Gasteiger charge is -2.18. The van der Waals surface area contributed by atoms with Gasteiger partial charge in [-0.15, -0.1) is 0 Å². The largest absolute Gasteiger partial charge is 0.494 e. The Morgan fingerprint density at radius 3 is 2.64 bits per heavy atom. The number of anilines is 1. The minimum absolute atomic E-state index is 0.0190. The summed E-state index contributed by atoms with van der Waals surface area (Å²) < 4.78 is 19.1. The van der Waals surface area contributed by atoms with Crippen LogP contribution in [0.2, 0.25) is 0 Å². The molecule has 0 radical (unpaired) electrons. The molecule has 2 aromatic rings. The van der Waals surface area contributed by atoms with Gasteiger partial charge in [0.05, 0.1) is 18.2 Å². The van der Waals surface area contributed by atoms with Crippen molar-refractivity contribution in [1.29, 1.82) is 0 Å². The molecule has 5 nitrogen and oxygen atoms in total. The first-order valence-electron chi connectivity index (χ1n) is 8.17. The Kier molecular flexibility index (Phi) is 4.97. The van der Waals surface area contributed by atoms with Gasteiger partial charge in [0.1, 0.15) is 11.6 Å². The van der Waals surface area contributed by atoms with Gasteiger partial charge in [-0.2, -0.15) is 0 Å². The normalized spacial score (nSPS) is 16.8. The predicted octanol–water partition coefficient (Wildman–Crippen LogP) is 2.76. The molecule has 1 atom stereocenters. The second kappa shape index (κ2) is 7.34. The smallest absolute Gasteiger partial charge is 0.254 e. The molecule has 0 saturated carbocycles. The number of amides is 2. The summed E-state index contributed by atoms with van der Waals surface area (Å²) in [6.45, 7) is 2.83. The highest BCUT2D eigenvalue weighted by atomic mass is 19.1. The standard InChI is InChI=1S/C19H19FN2O3/c1-2-25-15-9-7-14(8-10-15)22-12-13(11-18(22)23)21-19(24)16-5-3-4-6-17(16)20/h3-10,13H,2,11-12H2,1H3,(H,21,24)/t13-/m1/s1. The third-order valence-corrected chi connectivity index (χ3v) is 4.04. The van der Waals surface area contributed by atoms with Crippen molar-refractivity contribution in [1.82, 2.24) is 5.32 Å². The van der Waals surface area contributed by atoms with E-state index in [1.54, 1.807) is 23.1 Å². The zero-order valence-electron chi connectivity index (χ0n) is 13.9. The van der Waals surface area contributed by atoms with Gasteiger partial charge in [-0.05, 0) is 43.3 Å². The van der Waals surface area contributed by atoms with Crippen LogP contribution < -0.4 is 15.0 Å². The van der Waals surface area contributed by atoms with Gasteiger partial charge in [-0.1, -0.05) is 12.1 Å². The van der Waals surface area contributed by atoms with E-state index in [2.05, 4.69) is 5.32 Å². The van der Waals surface area contributed by atoms with Crippen LogP contribution in [0.3, 0.4) is 0 Å². The van der Waals surface area contributed by atoms with E-state index in [-0.39, 0.29) is 23.9 Å². The first-order chi connectivity index (χ1) is 12.1. The van der Waals surface area contributed by atoms with E-state index in [1.165, 1.54) is 18.2 Å². The second-order valence-corrected chi connectivity index (χ2v) is 5.79. The number of benzene rings is 2. The van der Waals surface area contributed by atoms with Gasteiger partial charge in [0.25, 0.3) is 5.91 Å². The summed E-state index contributed by atoms with van der Waals surface area (Å²) in [5, 5.41) is 2.73. The highest BCUT2D eigenvalue weighted by Gasteiger charge is 2.32. The number of hydrogen-bond acceptors (Lipinski definition) is 3. The molecule has 0 spiro atoms. The number of nitrogens with zero attached hydrogens (tertiary/aromatic N) is 1. The van der Waals surface area contributed by atoms with Gasteiger partial charge in [0, 0.05) is 18.7 Å². The Morgan fingerprint density at radius 2 is 1.96 bits per heavy atom. The van der Waals surface area contributed by atoms with E-state index < -0.39 is 11.7 Å². The molecule has 25 heavy (non-hydrogen) atoms. The van der Waals surface area contributed by atoms with Crippen LogP contribution in [0.4, 0.5) is 10.1 Å². The van der Waals surface area contributed by atoms with E-state index >= 15 is 0 Å². The van der Waals surface area contributed by atoms with Crippen molar-refractivity contribution in [2.24, 2.45) is 0 Å². The Bertz CT molecular complexity index is 776. The molecule has 130 valence electrons. The predicted molar refractivity (Wildman–Crippen MR) is 92.2 cm³/mol. The van der Waals surface area contributed by atoms with Gasteiger partial charge in [0.2, 0.25) is 5.91 Å². The molecule has 1 fully saturated rings. The zero-order chi connectivity index (χ0) is 17.8. The lowest BCUT2D eigenvalue weighted by molar-refractivity contribution is -0.117. The highest BCUT2D eigenvalue weighted by Crippen LogP contribution is 2.24. The molecule has 1 saturated heterocycles. The van der Waals surface area contributed by atoms with Crippen molar-refractivity contribution < 1.29 is 18.7 Å². The van der Waals surface area contributed by atoms with E-state index in [9.17, 15) is 14.0 Å². The number of hydrogen-bond donors (Lipinski definition) is 1. The molecule has 1 N–H and O–H groups in total. The van der Waals surface area contributed by atoms with Crippen molar-refractivity contribution in [2.75, 3.05) is 18.1 Å².